The highest BCUT2D eigenvalue weighted by atomic mass is 79.9. The number of alkyl halides is 2. The molecule has 1 N–H and O–H groups in total. The molecule has 40 heavy (non-hydrogen) atoms. The molecule has 0 spiro atoms. The molecule has 1 aromatic heterocycles. The number of carbonyl (C=O) groups is 2. The van der Waals surface area contributed by atoms with Gasteiger partial charge in [0, 0.05) is 60.9 Å². The van der Waals surface area contributed by atoms with Crippen LogP contribution in [-0.2, 0) is 4.74 Å². The van der Waals surface area contributed by atoms with Crippen molar-refractivity contribution in [3.8, 4) is 0 Å². The van der Waals surface area contributed by atoms with Crippen LogP contribution in [0.2, 0.25) is 0 Å². The Morgan fingerprint density at radius 3 is 2.33 bits per heavy atom. The van der Waals surface area contributed by atoms with E-state index in [9.17, 15) is 18.4 Å². The number of nitrogens with zero attached hydrogens (tertiary/aromatic N) is 4. The van der Waals surface area contributed by atoms with Crippen LogP contribution in [-0.4, -0.2) is 71.7 Å². The lowest BCUT2D eigenvalue weighted by atomic mass is 10.1. The van der Waals surface area contributed by atoms with Crippen LogP contribution in [0.3, 0.4) is 0 Å². The molecule has 3 aliphatic heterocycles. The van der Waals surface area contributed by atoms with Crippen molar-refractivity contribution < 1.29 is 23.1 Å². The third-order valence-corrected chi connectivity index (χ3v) is 8.14. The molecule has 11 heteroatoms. The number of amides is 2. The van der Waals surface area contributed by atoms with Gasteiger partial charge in [-0.25, -0.2) is 18.6 Å². The number of fused-ring (bicyclic) bond motifs is 2. The summed E-state index contributed by atoms with van der Waals surface area (Å²) in [6, 6.07) is 9.09. The number of piperazine rings is 1. The molecule has 2 atom stereocenters. The minimum atomic E-state index is -2.65. The van der Waals surface area contributed by atoms with Gasteiger partial charge in [-0.1, -0.05) is 15.9 Å². The topological polar surface area (TPSA) is 78.0 Å². The maximum atomic E-state index is 13.7. The first-order valence-corrected chi connectivity index (χ1v) is 14.6. The second-order valence-electron chi connectivity index (χ2n) is 12.0. The molecule has 0 aliphatic carbocycles. The van der Waals surface area contributed by atoms with Crippen LogP contribution in [0.4, 0.5) is 30.8 Å². The third-order valence-electron chi connectivity index (χ3n) is 7.65. The number of pyridine rings is 1. The molecule has 0 saturated carbocycles. The van der Waals surface area contributed by atoms with Gasteiger partial charge in [0.15, 0.2) is 0 Å². The van der Waals surface area contributed by atoms with Crippen molar-refractivity contribution in [2.24, 2.45) is 0 Å². The fourth-order valence-electron chi connectivity index (χ4n) is 5.82. The number of rotatable bonds is 4. The second-order valence-corrected chi connectivity index (χ2v) is 12.9. The van der Waals surface area contributed by atoms with E-state index in [1.165, 1.54) is 0 Å². The number of nitrogens with one attached hydrogen (secondary N) is 1. The molecule has 216 valence electrons. The van der Waals surface area contributed by atoms with Crippen molar-refractivity contribution in [1.29, 1.82) is 0 Å². The summed E-state index contributed by atoms with van der Waals surface area (Å²) in [7, 11) is 0. The molecular formula is C29H36BrF2N5O3. The zero-order valence-corrected chi connectivity index (χ0v) is 24.9. The number of aryl methyl sites for hydroxylation is 1. The highest BCUT2D eigenvalue weighted by Crippen LogP contribution is 2.37. The lowest BCUT2D eigenvalue weighted by Gasteiger charge is -2.42. The summed E-state index contributed by atoms with van der Waals surface area (Å²) in [4.78, 5) is 36.9. The summed E-state index contributed by atoms with van der Waals surface area (Å²) < 4.78 is 33.9. The van der Waals surface area contributed by atoms with Crippen molar-refractivity contribution >= 4 is 45.1 Å². The SMILES string of the molecule is Cc1cc(NC(=O)c2ccc(Br)cc2N2C[C@H]3CC[C@@H](C2)N3C(=O)OC(C)(C)C)cc(N2CCC(F)(F)CC2)n1. The molecule has 1 aromatic carbocycles. The Balaban J connectivity index is 1.34. The van der Waals surface area contributed by atoms with Gasteiger partial charge >= 0.3 is 6.09 Å². The van der Waals surface area contributed by atoms with Gasteiger partial charge in [0.05, 0.1) is 23.3 Å². The fourth-order valence-corrected chi connectivity index (χ4v) is 6.17. The van der Waals surface area contributed by atoms with Crippen LogP contribution in [0.1, 0.15) is 62.5 Å². The first-order chi connectivity index (χ1) is 18.8. The van der Waals surface area contributed by atoms with E-state index in [0.29, 0.717) is 35.9 Å². The number of carbonyl (C=O) groups excluding carboxylic acids is 2. The predicted molar refractivity (Wildman–Crippen MR) is 155 cm³/mol. The van der Waals surface area contributed by atoms with Crippen LogP contribution >= 0.6 is 15.9 Å². The number of aromatic nitrogens is 1. The first-order valence-electron chi connectivity index (χ1n) is 13.8. The third kappa shape index (κ3) is 6.34. The maximum Gasteiger partial charge on any atom is 0.410 e. The predicted octanol–water partition coefficient (Wildman–Crippen LogP) is 6.23. The average Bonchev–Trinajstić information content (AvgIpc) is 3.12. The number of hydrogen-bond acceptors (Lipinski definition) is 6. The Morgan fingerprint density at radius 1 is 1.05 bits per heavy atom. The minimum Gasteiger partial charge on any atom is -0.444 e. The van der Waals surface area contributed by atoms with Crippen LogP contribution < -0.4 is 15.1 Å². The van der Waals surface area contributed by atoms with E-state index in [4.69, 9.17) is 4.74 Å². The molecule has 0 unspecified atom stereocenters. The molecule has 2 aromatic rings. The Labute approximate surface area is 242 Å². The van der Waals surface area contributed by atoms with Gasteiger partial charge in [-0.15, -0.1) is 0 Å². The number of anilines is 3. The summed E-state index contributed by atoms with van der Waals surface area (Å²) >= 11 is 3.55. The van der Waals surface area contributed by atoms with Gasteiger partial charge in [-0.3, -0.25) is 9.69 Å². The van der Waals surface area contributed by atoms with Gasteiger partial charge < -0.3 is 19.9 Å². The van der Waals surface area contributed by atoms with Crippen molar-refractivity contribution in [2.75, 3.05) is 41.3 Å². The molecule has 2 bridgehead atoms. The summed E-state index contributed by atoms with van der Waals surface area (Å²) in [5.74, 6) is -2.34. The van der Waals surface area contributed by atoms with E-state index >= 15 is 0 Å². The summed E-state index contributed by atoms with van der Waals surface area (Å²) in [6.45, 7) is 9.06. The number of ether oxygens (including phenoxy) is 1. The van der Waals surface area contributed by atoms with Gasteiger partial charge in [0.25, 0.3) is 11.8 Å². The molecule has 3 fully saturated rings. The Morgan fingerprint density at radius 2 is 1.70 bits per heavy atom. The van der Waals surface area contributed by atoms with Crippen LogP contribution in [0.15, 0.2) is 34.8 Å². The van der Waals surface area contributed by atoms with Crippen molar-refractivity contribution in [2.45, 2.75) is 77.0 Å². The van der Waals surface area contributed by atoms with E-state index in [1.54, 1.807) is 18.2 Å². The molecule has 4 heterocycles. The zero-order chi connectivity index (χ0) is 28.8. The molecular weight excluding hydrogens is 584 g/mol. The summed E-state index contributed by atoms with van der Waals surface area (Å²) in [5.41, 5.74) is 2.00. The van der Waals surface area contributed by atoms with E-state index in [0.717, 1.165) is 23.0 Å². The molecule has 8 nitrogen and oxygen atoms in total. The average molecular weight is 621 g/mol. The second kappa shape index (κ2) is 10.8. The number of halogens is 3. The largest absolute Gasteiger partial charge is 0.444 e. The number of benzene rings is 1. The Hall–Kier alpha value is -2.95. The number of piperidine rings is 1. The molecule has 3 aliphatic rings. The smallest absolute Gasteiger partial charge is 0.410 e. The van der Waals surface area contributed by atoms with Gasteiger partial charge in [0.1, 0.15) is 11.4 Å². The van der Waals surface area contributed by atoms with E-state index in [1.807, 2.05) is 49.6 Å². The molecule has 5 rings (SSSR count). The van der Waals surface area contributed by atoms with E-state index < -0.39 is 11.5 Å². The van der Waals surface area contributed by atoms with Crippen molar-refractivity contribution in [1.82, 2.24) is 9.88 Å². The van der Waals surface area contributed by atoms with Crippen LogP contribution in [0, 0.1) is 6.92 Å². The maximum absolute atomic E-state index is 13.7. The van der Waals surface area contributed by atoms with E-state index in [2.05, 4.69) is 31.1 Å². The lowest BCUT2D eigenvalue weighted by Crippen LogP contribution is -2.57. The number of hydrogen-bond donors (Lipinski definition) is 1. The fraction of sp³-hybridized carbons (Fsp3) is 0.552. The monoisotopic (exact) mass is 619 g/mol. The first kappa shape index (κ1) is 28.6. The van der Waals surface area contributed by atoms with Crippen molar-refractivity contribution in [3.05, 3.63) is 46.1 Å². The lowest BCUT2D eigenvalue weighted by molar-refractivity contribution is -0.0221. The standard InChI is InChI=1S/C29H36BrF2N5O3/c1-18-13-20(15-25(33-18)35-11-9-29(31,32)10-12-35)34-26(38)23-8-5-19(30)14-24(23)36-16-21-6-7-22(17-36)37(21)27(39)40-28(2,3)4/h5,8,13-15,21-22H,6-7,9-12,16-17H2,1-4H3,(H,33,34,38)/t21-,22+. The van der Waals surface area contributed by atoms with Gasteiger partial charge in [-0.2, -0.15) is 0 Å². The van der Waals surface area contributed by atoms with Crippen LogP contribution in [0.25, 0.3) is 0 Å². The molecule has 2 amide bonds. The highest BCUT2D eigenvalue weighted by Gasteiger charge is 2.45. The minimum absolute atomic E-state index is 0.00539. The normalized spacial score (nSPS) is 22.3. The van der Waals surface area contributed by atoms with Gasteiger partial charge in [-0.05, 0) is 64.8 Å². The Kier molecular flexibility index (Phi) is 7.71. The summed E-state index contributed by atoms with van der Waals surface area (Å²) in [5, 5.41) is 3.00. The van der Waals surface area contributed by atoms with Crippen molar-refractivity contribution in [3.63, 3.8) is 0 Å². The zero-order valence-electron chi connectivity index (χ0n) is 23.3. The molecule has 3 saturated heterocycles. The van der Waals surface area contributed by atoms with Crippen LogP contribution in [0.5, 0.6) is 0 Å². The summed E-state index contributed by atoms with van der Waals surface area (Å²) in [6.07, 6.45) is 1.06. The highest BCUT2D eigenvalue weighted by molar-refractivity contribution is 9.10. The molecule has 0 radical (unpaired) electrons. The van der Waals surface area contributed by atoms with Gasteiger partial charge in [0.2, 0.25) is 0 Å². The quantitative estimate of drug-likeness (QED) is 0.437. The Bertz CT molecular complexity index is 1280. The van der Waals surface area contributed by atoms with E-state index in [-0.39, 0.29) is 50.0 Å².